The smallest absolute Gasteiger partial charge is 0.236 e. The molecule has 4 nitrogen and oxygen atoms in total. The number of carbonyl (C=O) groups is 1. The van der Waals surface area contributed by atoms with Gasteiger partial charge in [0.05, 0.1) is 11.9 Å². The zero-order valence-electron chi connectivity index (χ0n) is 11.2. The van der Waals surface area contributed by atoms with Gasteiger partial charge in [0.1, 0.15) is 0 Å². The van der Waals surface area contributed by atoms with Crippen molar-refractivity contribution in [3.63, 3.8) is 0 Å². The highest BCUT2D eigenvalue weighted by Crippen LogP contribution is 2.19. The van der Waals surface area contributed by atoms with E-state index in [0.29, 0.717) is 17.5 Å². The van der Waals surface area contributed by atoms with Crippen LogP contribution in [0.2, 0.25) is 0 Å². The Hall–Kier alpha value is -1.20. The van der Waals surface area contributed by atoms with Crippen molar-refractivity contribution in [3.05, 3.63) is 24.3 Å². The maximum atomic E-state index is 12.0. The fourth-order valence-electron chi connectivity index (χ4n) is 1.99. The summed E-state index contributed by atoms with van der Waals surface area (Å²) in [5, 5.41) is 0. The summed E-state index contributed by atoms with van der Waals surface area (Å²) < 4.78 is 5.53. The molecule has 1 unspecified atom stereocenters. The first-order valence-corrected chi connectivity index (χ1v) is 7.64. The van der Waals surface area contributed by atoms with Crippen molar-refractivity contribution in [2.45, 2.75) is 18.9 Å². The van der Waals surface area contributed by atoms with Gasteiger partial charge in [-0.15, -0.1) is 11.8 Å². The van der Waals surface area contributed by atoms with E-state index in [1.165, 1.54) is 0 Å². The quantitative estimate of drug-likeness (QED) is 0.840. The van der Waals surface area contributed by atoms with Gasteiger partial charge >= 0.3 is 0 Å². The number of nitrogens with zero attached hydrogens (tertiary/aromatic N) is 1. The number of rotatable bonds is 5. The first-order chi connectivity index (χ1) is 9.16. The molecule has 1 aliphatic rings. The molecule has 1 saturated heterocycles. The van der Waals surface area contributed by atoms with Crippen LogP contribution in [0.4, 0.5) is 11.4 Å². The molecule has 104 valence electrons. The summed E-state index contributed by atoms with van der Waals surface area (Å²) in [5.41, 5.74) is 7.21. The monoisotopic (exact) mass is 280 g/mol. The van der Waals surface area contributed by atoms with Gasteiger partial charge in [-0.25, -0.2) is 0 Å². The number of thioether (sulfide) groups is 1. The van der Waals surface area contributed by atoms with Gasteiger partial charge in [-0.05, 0) is 37.1 Å². The van der Waals surface area contributed by atoms with Gasteiger partial charge in [0.25, 0.3) is 0 Å². The summed E-state index contributed by atoms with van der Waals surface area (Å²) in [4.78, 5) is 13.7. The number of nitrogen functional groups attached to an aromatic ring is 1. The molecular formula is C14H20N2O2S. The highest BCUT2D eigenvalue weighted by molar-refractivity contribution is 8.00. The second-order valence-electron chi connectivity index (χ2n) is 4.69. The van der Waals surface area contributed by atoms with Gasteiger partial charge < -0.3 is 15.4 Å². The van der Waals surface area contributed by atoms with E-state index >= 15 is 0 Å². The van der Waals surface area contributed by atoms with Gasteiger partial charge in [0.15, 0.2) is 0 Å². The minimum Gasteiger partial charge on any atom is -0.399 e. The molecule has 2 N–H and O–H groups in total. The zero-order valence-corrected chi connectivity index (χ0v) is 12.0. The average Bonchev–Trinajstić information content (AvgIpc) is 2.92. The average molecular weight is 280 g/mol. The van der Waals surface area contributed by atoms with Crippen LogP contribution < -0.4 is 10.6 Å². The molecular weight excluding hydrogens is 260 g/mol. The first-order valence-electron chi connectivity index (χ1n) is 6.48. The predicted molar refractivity (Wildman–Crippen MR) is 80.6 cm³/mol. The van der Waals surface area contributed by atoms with Crippen LogP contribution in [-0.2, 0) is 9.53 Å². The van der Waals surface area contributed by atoms with Crippen LogP contribution in [0.25, 0.3) is 0 Å². The summed E-state index contributed by atoms with van der Waals surface area (Å²) in [5.74, 6) is 1.50. The highest BCUT2D eigenvalue weighted by atomic mass is 32.2. The molecule has 0 aliphatic carbocycles. The third-order valence-corrected chi connectivity index (χ3v) is 4.27. The van der Waals surface area contributed by atoms with Crippen LogP contribution in [0.1, 0.15) is 12.8 Å². The molecule has 0 spiro atoms. The Kier molecular flexibility index (Phi) is 5.10. The van der Waals surface area contributed by atoms with E-state index < -0.39 is 0 Å². The van der Waals surface area contributed by atoms with E-state index in [-0.39, 0.29) is 5.91 Å². The number of hydrogen-bond acceptors (Lipinski definition) is 4. The van der Waals surface area contributed by atoms with Gasteiger partial charge in [0.2, 0.25) is 5.91 Å². The van der Waals surface area contributed by atoms with Crippen molar-refractivity contribution in [1.29, 1.82) is 0 Å². The third-order valence-electron chi connectivity index (χ3n) is 3.21. The molecule has 19 heavy (non-hydrogen) atoms. The van der Waals surface area contributed by atoms with Crippen molar-refractivity contribution in [3.8, 4) is 0 Å². The number of amides is 1. The molecule has 1 heterocycles. The molecule has 0 aromatic heterocycles. The van der Waals surface area contributed by atoms with Crippen molar-refractivity contribution in [2.75, 3.05) is 35.8 Å². The number of carbonyl (C=O) groups excluding carboxylic acids is 1. The van der Waals surface area contributed by atoms with Crippen molar-refractivity contribution in [2.24, 2.45) is 0 Å². The van der Waals surface area contributed by atoms with E-state index in [4.69, 9.17) is 10.5 Å². The number of nitrogens with two attached hydrogens (primary N) is 1. The Labute approximate surface area is 118 Å². The van der Waals surface area contributed by atoms with Gasteiger partial charge in [-0.3, -0.25) is 4.79 Å². The second-order valence-corrected chi connectivity index (χ2v) is 5.72. The van der Waals surface area contributed by atoms with Gasteiger partial charge in [0, 0.05) is 30.8 Å². The van der Waals surface area contributed by atoms with Crippen LogP contribution in [0.3, 0.4) is 0 Å². The molecule has 0 radical (unpaired) electrons. The van der Waals surface area contributed by atoms with Crippen LogP contribution in [-0.4, -0.2) is 37.2 Å². The minimum atomic E-state index is 0.104. The van der Waals surface area contributed by atoms with Crippen molar-refractivity contribution >= 4 is 29.0 Å². The Morgan fingerprint density at radius 1 is 1.47 bits per heavy atom. The van der Waals surface area contributed by atoms with Crippen LogP contribution in [0, 0.1) is 0 Å². The van der Waals surface area contributed by atoms with Crippen LogP contribution in [0.15, 0.2) is 24.3 Å². The van der Waals surface area contributed by atoms with E-state index in [0.717, 1.165) is 30.9 Å². The van der Waals surface area contributed by atoms with E-state index in [2.05, 4.69) is 0 Å². The summed E-state index contributed by atoms with van der Waals surface area (Å²) in [7, 11) is 1.79. The number of hydrogen-bond donors (Lipinski definition) is 1. The molecule has 0 saturated carbocycles. The highest BCUT2D eigenvalue weighted by Gasteiger charge is 2.17. The third kappa shape index (κ3) is 4.14. The summed E-state index contributed by atoms with van der Waals surface area (Å²) >= 11 is 1.64. The van der Waals surface area contributed by atoms with Crippen molar-refractivity contribution < 1.29 is 9.53 Å². The van der Waals surface area contributed by atoms with E-state index in [1.54, 1.807) is 35.8 Å². The van der Waals surface area contributed by atoms with Crippen LogP contribution in [0.5, 0.6) is 0 Å². The molecule has 5 heteroatoms. The lowest BCUT2D eigenvalue weighted by Gasteiger charge is -2.17. The lowest BCUT2D eigenvalue weighted by atomic mass is 10.2. The minimum absolute atomic E-state index is 0.104. The van der Waals surface area contributed by atoms with E-state index in [1.807, 2.05) is 12.1 Å². The standard InChI is InChI=1S/C14H20N2O2S/c1-16(12-6-4-11(15)5-7-12)14(17)10-19-9-13-3-2-8-18-13/h4-7,13H,2-3,8-10,15H2,1H3. The maximum Gasteiger partial charge on any atom is 0.236 e. The van der Waals surface area contributed by atoms with E-state index in [9.17, 15) is 4.79 Å². The zero-order chi connectivity index (χ0) is 13.7. The Morgan fingerprint density at radius 3 is 2.84 bits per heavy atom. The first kappa shape index (κ1) is 14.2. The molecule has 0 bridgehead atoms. The lowest BCUT2D eigenvalue weighted by molar-refractivity contribution is -0.115. The normalized spacial score (nSPS) is 18.5. The molecule has 1 atom stereocenters. The molecule has 2 rings (SSSR count). The number of benzene rings is 1. The molecule has 1 fully saturated rings. The Morgan fingerprint density at radius 2 is 2.21 bits per heavy atom. The molecule has 1 aromatic rings. The Bertz CT molecular complexity index is 416. The second kappa shape index (κ2) is 6.82. The Balaban J connectivity index is 1.77. The molecule has 1 amide bonds. The number of ether oxygens (including phenoxy) is 1. The fourth-order valence-corrected chi connectivity index (χ4v) is 3.00. The largest absolute Gasteiger partial charge is 0.399 e. The molecule has 1 aliphatic heterocycles. The lowest BCUT2D eigenvalue weighted by Crippen LogP contribution is -2.28. The molecule has 1 aromatic carbocycles. The topological polar surface area (TPSA) is 55.6 Å². The summed E-state index contributed by atoms with van der Waals surface area (Å²) in [6, 6.07) is 7.33. The predicted octanol–water partition coefficient (Wildman–Crippen LogP) is 2.14. The van der Waals surface area contributed by atoms with Crippen molar-refractivity contribution in [1.82, 2.24) is 0 Å². The number of anilines is 2. The van der Waals surface area contributed by atoms with Gasteiger partial charge in [-0.2, -0.15) is 0 Å². The maximum absolute atomic E-state index is 12.0. The summed E-state index contributed by atoms with van der Waals surface area (Å²) in [6.45, 7) is 0.866. The summed E-state index contributed by atoms with van der Waals surface area (Å²) in [6.07, 6.45) is 2.60. The van der Waals surface area contributed by atoms with Gasteiger partial charge in [-0.1, -0.05) is 0 Å². The fraction of sp³-hybridized carbons (Fsp3) is 0.500. The van der Waals surface area contributed by atoms with Crippen LogP contribution >= 0.6 is 11.8 Å². The SMILES string of the molecule is CN(C(=O)CSCC1CCCO1)c1ccc(N)cc1.